The zero-order valence-corrected chi connectivity index (χ0v) is 13.9. The molecule has 0 unspecified atom stereocenters. The van der Waals surface area contributed by atoms with Crippen molar-refractivity contribution >= 4 is 17.3 Å². The molecule has 5 heteroatoms. The Bertz CT molecular complexity index is 694. The van der Waals surface area contributed by atoms with Gasteiger partial charge in [0.1, 0.15) is 12.4 Å². The smallest absolute Gasteiger partial charge is 0.221 e. The number of anilines is 2. The monoisotopic (exact) mass is 328 g/mol. The molecule has 0 radical (unpaired) electrons. The molecule has 2 aromatic carbocycles. The summed E-state index contributed by atoms with van der Waals surface area (Å²) in [6.07, 6.45) is 0. The standard InChI is InChI=1S/C19H22FN3O/c1-15(24)21-17-8-6-16(7-9-17)14-22-10-12-23(13-11-22)19-5-3-2-4-18(19)20/h2-9H,10-14H2,1H3,(H,21,24)/p+1. The fraction of sp³-hybridized carbons (Fsp3) is 0.316. The van der Waals surface area contributed by atoms with Gasteiger partial charge in [-0.25, -0.2) is 4.39 Å². The number of amides is 1. The zero-order chi connectivity index (χ0) is 16.9. The van der Waals surface area contributed by atoms with Crippen LogP contribution in [-0.2, 0) is 11.3 Å². The number of carbonyl (C=O) groups is 1. The lowest BCUT2D eigenvalue weighted by Gasteiger charge is -2.33. The van der Waals surface area contributed by atoms with E-state index < -0.39 is 0 Å². The Balaban J connectivity index is 1.54. The van der Waals surface area contributed by atoms with Crippen LogP contribution in [0.3, 0.4) is 0 Å². The Hall–Kier alpha value is -2.40. The Labute approximate surface area is 141 Å². The number of carbonyl (C=O) groups excluding carboxylic acids is 1. The van der Waals surface area contributed by atoms with Crippen molar-refractivity contribution in [2.24, 2.45) is 0 Å². The number of hydrogen-bond acceptors (Lipinski definition) is 2. The minimum atomic E-state index is -0.144. The maximum absolute atomic E-state index is 13.9. The molecule has 0 aliphatic carbocycles. The minimum absolute atomic E-state index is 0.0577. The summed E-state index contributed by atoms with van der Waals surface area (Å²) in [6.45, 7) is 6.16. The second-order valence-electron chi connectivity index (χ2n) is 6.24. The first kappa shape index (κ1) is 16.5. The maximum atomic E-state index is 13.9. The van der Waals surface area contributed by atoms with Gasteiger partial charge < -0.3 is 15.1 Å². The third-order valence-corrected chi connectivity index (χ3v) is 4.39. The molecule has 4 nitrogen and oxygen atoms in total. The van der Waals surface area contributed by atoms with Gasteiger partial charge in [0.15, 0.2) is 0 Å². The van der Waals surface area contributed by atoms with Crippen molar-refractivity contribution in [2.75, 3.05) is 36.4 Å². The van der Waals surface area contributed by atoms with Crippen molar-refractivity contribution in [1.82, 2.24) is 0 Å². The Morgan fingerprint density at radius 3 is 2.42 bits per heavy atom. The van der Waals surface area contributed by atoms with Crippen LogP contribution in [0.1, 0.15) is 12.5 Å². The number of nitrogens with one attached hydrogen (secondary N) is 2. The van der Waals surface area contributed by atoms with Crippen LogP contribution in [0, 0.1) is 5.82 Å². The van der Waals surface area contributed by atoms with Gasteiger partial charge >= 0.3 is 0 Å². The zero-order valence-electron chi connectivity index (χ0n) is 13.9. The summed E-state index contributed by atoms with van der Waals surface area (Å²) < 4.78 is 13.9. The molecule has 0 saturated carbocycles. The molecule has 0 atom stereocenters. The highest BCUT2D eigenvalue weighted by Crippen LogP contribution is 2.18. The van der Waals surface area contributed by atoms with Gasteiger partial charge in [-0.2, -0.15) is 0 Å². The highest BCUT2D eigenvalue weighted by Gasteiger charge is 2.21. The molecule has 2 N–H and O–H groups in total. The maximum Gasteiger partial charge on any atom is 0.221 e. The van der Waals surface area contributed by atoms with E-state index in [1.807, 2.05) is 24.3 Å². The molecule has 24 heavy (non-hydrogen) atoms. The van der Waals surface area contributed by atoms with Crippen LogP contribution in [0.4, 0.5) is 15.8 Å². The number of halogens is 1. The van der Waals surface area contributed by atoms with Gasteiger partial charge in [0.05, 0.1) is 31.9 Å². The quantitative estimate of drug-likeness (QED) is 0.896. The fourth-order valence-electron chi connectivity index (χ4n) is 3.15. The number of hydrogen-bond donors (Lipinski definition) is 2. The van der Waals surface area contributed by atoms with Gasteiger partial charge in [0.2, 0.25) is 5.91 Å². The van der Waals surface area contributed by atoms with Gasteiger partial charge in [-0.15, -0.1) is 0 Å². The van der Waals surface area contributed by atoms with Gasteiger partial charge in [-0.05, 0) is 24.3 Å². The summed E-state index contributed by atoms with van der Waals surface area (Å²) in [4.78, 5) is 14.7. The number of nitrogens with zero attached hydrogens (tertiary/aromatic N) is 1. The molecule has 2 aromatic rings. The van der Waals surface area contributed by atoms with Crippen molar-refractivity contribution in [2.45, 2.75) is 13.5 Å². The summed E-state index contributed by atoms with van der Waals surface area (Å²) in [7, 11) is 0. The van der Waals surface area contributed by atoms with E-state index >= 15 is 0 Å². The second-order valence-corrected chi connectivity index (χ2v) is 6.24. The van der Waals surface area contributed by atoms with Crippen LogP contribution >= 0.6 is 0 Å². The SMILES string of the molecule is CC(=O)Nc1ccc(C[NH+]2CCN(c3ccccc3F)CC2)cc1. The van der Waals surface area contributed by atoms with Crippen molar-refractivity contribution in [3.8, 4) is 0 Å². The molecule has 1 heterocycles. The van der Waals surface area contributed by atoms with E-state index in [2.05, 4.69) is 22.3 Å². The third-order valence-electron chi connectivity index (χ3n) is 4.39. The van der Waals surface area contributed by atoms with Gasteiger partial charge in [-0.3, -0.25) is 4.79 Å². The van der Waals surface area contributed by atoms with Crippen LogP contribution in [0.25, 0.3) is 0 Å². The topological polar surface area (TPSA) is 36.8 Å². The first-order chi connectivity index (χ1) is 11.6. The van der Waals surface area contributed by atoms with Crippen molar-refractivity contribution < 1.29 is 14.1 Å². The Morgan fingerprint density at radius 2 is 1.79 bits per heavy atom. The van der Waals surface area contributed by atoms with Gasteiger partial charge in [0, 0.05) is 18.2 Å². The van der Waals surface area contributed by atoms with Crippen LogP contribution < -0.4 is 15.1 Å². The van der Waals surface area contributed by atoms with Gasteiger partial charge in [0.25, 0.3) is 0 Å². The number of piperazine rings is 1. The van der Waals surface area contributed by atoms with E-state index in [0.29, 0.717) is 5.69 Å². The van der Waals surface area contributed by atoms with E-state index in [1.54, 1.807) is 6.07 Å². The molecule has 1 aliphatic heterocycles. The predicted octanol–water partition coefficient (Wildman–Crippen LogP) is 1.69. The fourth-order valence-corrected chi connectivity index (χ4v) is 3.15. The van der Waals surface area contributed by atoms with Gasteiger partial charge in [-0.1, -0.05) is 24.3 Å². The van der Waals surface area contributed by atoms with E-state index in [0.717, 1.165) is 38.4 Å². The number of benzene rings is 2. The molecule has 1 saturated heterocycles. The predicted molar refractivity (Wildman–Crippen MR) is 93.8 cm³/mol. The Kier molecular flexibility index (Phi) is 5.11. The van der Waals surface area contributed by atoms with E-state index in [1.165, 1.54) is 23.5 Å². The van der Waals surface area contributed by atoms with Crippen LogP contribution in [0.5, 0.6) is 0 Å². The molecule has 1 amide bonds. The number of quaternary nitrogens is 1. The molecule has 0 bridgehead atoms. The van der Waals surface area contributed by atoms with E-state index in [4.69, 9.17) is 0 Å². The molecule has 0 aromatic heterocycles. The first-order valence-electron chi connectivity index (χ1n) is 8.31. The lowest BCUT2D eigenvalue weighted by molar-refractivity contribution is -0.914. The highest BCUT2D eigenvalue weighted by molar-refractivity contribution is 5.88. The summed E-state index contributed by atoms with van der Waals surface area (Å²) >= 11 is 0. The van der Waals surface area contributed by atoms with Crippen molar-refractivity contribution in [3.63, 3.8) is 0 Å². The van der Waals surface area contributed by atoms with E-state index in [9.17, 15) is 9.18 Å². The summed E-state index contributed by atoms with van der Waals surface area (Å²) in [5.41, 5.74) is 2.78. The largest absolute Gasteiger partial charge is 0.358 e. The summed E-state index contributed by atoms with van der Waals surface area (Å²) in [6, 6.07) is 15.0. The molecule has 0 spiro atoms. The normalized spacial score (nSPS) is 15.3. The average Bonchev–Trinajstić information content (AvgIpc) is 2.58. The molecular formula is C19H23FN3O+. The second kappa shape index (κ2) is 7.45. The molecule has 126 valence electrons. The molecular weight excluding hydrogens is 305 g/mol. The summed E-state index contributed by atoms with van der Waals surface area (Å²) in [5.74, 6) is -0.202. The summed E-state index contributed by atoms with van der Waals surface area (Å²) in [5, 5.41) is 2.78. The lowest BCUT2D eigenvalue weighted by atomic mass is 10.1. The number of rotatable bonds is 4. The lowest BCUT2D eigenvalue weighted by Crippen LogP contribution is -3.13. The van der Waals surface area contributed by atoms with Crippen molar-refractivity contribution in [1.29, 1.82) is 0 Å². The van der Waals surface area contributed by atoms with Crippen LogP contribution in [-0.4, -0.2) is 32.1 Å². The Morgan fingerprint density at radius 1 is 1.12 bits per heavy atom. The molecule has 1 aliphatic rings. The van der Waals surface area contributed by atoms with E-state index in [-0.39, 0.29) is 11.7 Å². The minimum Gasteiger partial charge on any atom is -0.358 e. The number of para-hydroxylation sites is 1. The van der Waals surface area contributed by atoms with Crippen molar-refractivity contribution in [3.05, 3.63) is 59.9 Å². The van der Waals surface area contributed by atoms with Crippen LogP contribution in [0.2, 0.25) is 0 Å². The highest BCUT2D eigenvalue weighted by atomic mass is 19.1. The molecule has 1 fully saturated rings. The average molecular weight is 328 g/mol. The third kappa shape index (κ3) is 4.11. The first-order valence-corrected chi connectivity index (χ1v) is 8.31. The van der Waals surface area contributed by atoms with Crippen LogP contribution in [0.15, 0.2) is 48.5 Å². The molecule has 3 rings (SSSR count).